The normalized spacial score (nSPS) is 12.3. The quantitative estimate of drug-likeness (QED) is 0.678. The van der Waals surface area contributed by atoms with Crippen molar-refractivity contribution >= 4 is 5.97 Å². The highest BCUT2D eigenvalue weighted by Gasteiger charge is 2.14. The first kappa shape index (κ1) is 12.7. The number of aryl methyl sites for hydroxylation is 1. The number of hydrogen-bond donors (Lipinski definition) is 2. The van der Waals surface area contributed by atoms with Gasteiger partial charge in [0, 0.05) is 13.2 Å². The van der Waals surface area contributed by atoms with E-state index in [1.165, 1.54) is 5.56 Å². The van der Waals surface area contributed by atoms with E-state index >= 15 is 0 Å². The molecule has 3 N–H and O–H groups in total. The van der Waals surface area contributed by atoms with E-state index in [-0.39, 0.29) is 6.54 Å². The van der Waals surface area contributed by atoms with Gasteiger partial charge >= 0.3 is 5.97 Å². The zero-order valence-corrected chi connectivity index (χ0v) is 9.13. The lowest BCUT2D eigenvalue weighted by Crippen LogP contribution is -2.32. The Balaban J connectivity index is 2.19. The van der Waals surface area contributed by atoms with Crippen LogP contribution in [-0.4, -0.2) is 30.3 Å². The SMILES string of the molecule is NCC(OCCCc1ccccc1)C(=O)O. The molecular formula is C12H17NO3. The third kappa shape index (κ3) is 4.42. The number of carbonyl (C=O) groups is 1. The van der Waals surface area contributed by atoms with Crippen LogP contribution in [0, 0.1) is 0 Å². The molecule has 0 saturated heterocycles. The first-order chi connectivity index (χ1) is 7.74. The van der Waals surface area contributed by atoms with Crippen molar-refractivity contribution in [3.63, 3.8) is 0 Å². The summed E-state index contributed by atoms with van der Waals surface area (Å²) in [6.45, 7) is 0.434. The van der Waals surface area contributed by atoms with Crippen LogP contribution in [0.2, 0.25) is 0 Å². The average molecular weight is 223 g/mol. The van der Waals surface area contributed by atoms with Crippen molar-refractivity contribution in [2.75, 3.05) is 13.2 Å². The molecule has 1 rings (SSSR count). The van der Waals surface area contributed by atoms with E-state index in [1.54, 1.807) is 0 Å². The van der Waals surface area contributed by atoms with Crippen molar-refractivity contribution in [1.29, 1.82) is 0 Å². The number of benzene rings is 1. The van der Waals surface area contributed by atoms with Crippen molar-refractivity contribution in [1.82, 2.24) is 0 Å². The predicted octanol–water partition coefficient (Wildman–Crippen LogP) is 1.05. The molecule has 0 fully saturated rings. The maximum Gasteiger partial charge on any atom is 0.334 e. The standard InChI is InChI=1S/C12H17NO3/c13-9-11(12(14)15)16-8-4-7-10-5-2-1-3-6-10/h1-3,5-6,11H,4,7-9,13H2,(H,14,15). The molecule has 4 nitrogen and oxygen atoms in total. The number of carboxylic acid groups (broad SMARTS) is 1. The van der Waals surface area contributed by atoms with Gasteiger partial charge in [0.2, 0.25) is 0 Å². The summed E-state index contributed by atoms with van der Waals surface area (Å²) in [5.41, 5.74) is 6.49. The number of aliphatic carboxylic acids is 1. The Kier molecular flexibility index (Phi) is 5.53. The highest BCUT2D eigenvalue weighted by atomic mass is 16.5. The Hall–Kier alpha value is -1.39. The fourth-order valence-corrected chi connectivity index (χ4v) is 1.39. The lowest BCUT2D eigenvalue weighted by Gasteiger charge is -2.10. The molecule has 88 valence electrons. The number of hydrogen-bond acceptors (Lipinski definition) is 3. The summed E-state index contributed by atoms with van der Waals surface area (Å²) in [4.78, 5) is 10.6. The average Bonchev–Trinajstić information content (AvgIpc) is 2.30. The lowest BCUT2D eigenvalue weighted by atomic mass is 10.1. The van der Waals surface area contributed by atoms with Crippen LogP contribution in [-0.2, 0) is 16.0 Å². The lowest BCUT2D eigenvalue weighted by molar-refractivity contribution is -0.149. The Morgan fingerprint density at radius 2 is 2.06 bits per heavy atom. The Labute approximate surface area is 95.0 Å². The molecule has 1 aromatic carbocycles. The second-order valence-electron chi connectivity index (χ2n) is 3.52. The monoisotopic (exact) mass is 223 g/mol. The van der Waals surface area contributed by atoms with Gasteiger partial charge in [-0.15, -0.1) is 0 Å². The maximum atomic E-state index is 10.6. The molecule has 0 aliphatic carbocycles. The van der Waals surface area contributed by atoms with Crippen LogP contribution >= 0.6 is 0 Å². The first-order valence-electron chi connectivity index (χ1n) is 5.32. The van der Waals surface area contributed by atoms with E-state index in [9.17, 15) is 4.79 Å². The summed E-state index contributed by atoms with van der Waals surface area (Å²) in [5.74, 6) is -0.998. The van der Waals surface area contributed by atoms with Gasteiger partial charge in [0.05, 0.1) is 0 Å². The Morgan fingerprint density at radius 1 is 1.38 bits per heavy atom. The highest BCUT2D eigenvalue weighted by Crippen LogP contribution is 2.03. The van der Waals surface area contributed by atoms with Gasteiger partial charge in [0.1, 0.15) is 0 Å². The largest absolute Gasteiger partial charge is 0.479 e. The van der Waals surface area contributed by atoms with E-state index in [2.05, 4.69) is 0 Å². The van der Waals surface area contributed by atoms with Gasteiger partial charge in [-0.2, -0.15) is 0 Å². The summed E-state index contributed by atoms with van der Waals surface area (Å²) in [7, 11) is 0. The van der Waals surface area contributed by atoms with E-state index in [1.807, 2.05) is 30.3 Å². The van der Waals surface area contributed by atoms with Gasteiger partial charge in [-0.1, -0.05) is 30.3 Å². The molecule has 0 aliphatic rings. The number of nitrogens with two attached hydrogens (primary N) is 1. The summed E-state index contributed by atoms with van der Waals surface area (Å²) < 4.78 is 5.15. The molecule has 0 spiro atoms. The third-order valence-corrected chi connectivity index (χ3v) is 2.26. The summed E-state index contributed by atoms with van der Waals surface area (Å²) >= 11 is 0. The molecule has 0 bridgehead atoms. The smallest absolute Gasteiger partial charge is 0.334 e. The Bertz CT molecular complexity index is 313. The third-order valence-electron chi connectivity index (χ3n) is 2.26. The molecule has 0 heterocycles. The van der Waals surface area contributed by atoms with Crippen LogP contribution in [0.5, 0.6) is 0 Å². The van der Waals surface area contributed by atoms with Crippen molar-refractivity contribution in [3.8, 4) is 0 Å². The number of ether oxygens (including phenoxy) is 1. The zero-order valence-electron chi connectivity index (χ0n) is 9.13. The number of rotatable bonds is 7. The van der Waals surface area contributed by atoms with Gasteiger partial charge < -0.3 is 15.6 Å². The number of carboxylic acids is 1. The van der Waals surface area contributed by atoms with Crippen molar-refractivity contribution < 1.29 is 14.6 Å². The van der Waals surface area contributed by atoms with E-state index in [4.69, 9.17) is 15.6 Å². The van der Waals surface area contributed by atoms with Crippen LogP contribution in [0.4, 0.5) is 0 Å². The molecule has 16 heavy (non-hydrogen) atoms. The van der Waals surface area contributed by atoms with Crippen LogP contribution in [0.3, 0.4) is 0 Å². The summed E-state index contributed by atoms with van der Waals surface area (Å²) in [5, 5.41) is 8.68. The second-order valence-corrected chi connectivity index (χ2v) is 3.52. The molecular weight excluding hydrogens is 206 g/mol. The minimum atomic E-state index is -0.998. The topological polar surface area (TPSA) is 72.5 Å². The molecule has 0 saturated carbocycles. The molecule has 0 amide bonds. The van der Waals surface area contributed by atoms with E-state index < -0.39 is 12.1 Å². The van der Waals surface area contributed by atoms with Crippen molar-refractivity contribution in [2.24, 2.45) is 5.73 Å². The van der Waals surface area contributed by atoms with Crippen LogP contribution in [0.15, 0.2) is 30.3 Å². The predicted molar refractivity (Wildman–Crippen MR) is 61.2 cm³/mol. The Morgan fingerprint density at radius 3 is 2.62 bits per heavy atom. The van der Waals surface area contributed by atoms with Gasteiger partial charge in [-0.25, -0.2) is 4.79 Å². The minimum absolute atomic E-state index is 0.0146. The van der Waals surface area contributed by atoms with E-state index in [0.29, 0.717) is 6.61 Å². The fraction of sp³-hybridized carbons (Fsp3) is 0.417. The molecule has 1 aromatic rings. The van der Waals surface area contributed by atoms with Crippen molar-refractivity contribution in [3.05, 3.63) is 35.9 Å². The van der Waals surface area contributed by atoms with Gasteiger partial charge in [0.25, 0.3) is 0 Å². The fourth-order valence-electron chi connectivity index (χ4n) is 1.39. The highest BCUT2D eigenvalue weighted by molar-refractivity contribution is 5.72. The molecule has 4 heteroatoms. The van der Waals surface area contributed by atoms with Gasteiger partial charge in [-0.05, 0) is 18.4 Å². The van der Waals surface area contributed by atoms with E-state index in [0.717, 1.165) is 12.8 Å². The second kappa shape index (κ2) is 6.98. The van der Waals surface area contributed by atoms with Gasteiger partial charge in [-0.3, -0.25) is 0 Å². The maximum absolute atomic E-state index is 10.6. The van der Waals surface area contributed by atoms with Crippen LogP contribution < -0.4 is 5.73 Å². The molecule has 1 atom stereocenters. The molecule has 0 radical (unpaired) electrons. The minimum Gasteiger partial charge on any atom is -0.479 e. The molecule has 0 aromatic heterocycles. The van der Waals surface area contributed by atoms with Gasteiger partial charge in [0.15, 0.2) is 6.10 Å². The zero-order chi connectivity index (χ0) is 11.8. The summed E-state index contributed by atoms with van der Waals surface area (Å²) in [6, 6.07) is 10.0. The first-order valence-corrected chi connectivity index (χ1v) is 5.32. The van der Waals surface area contributed by atoms with Crippen LogP contribution in [0.25, 0.3) is 0 Å². The molecule has 0 aliphatic heterocycles. The molecule has 1 unspecified atom stereocenters. The summed E-state index contributed by atoms with van der Waals surface area (Å²) in [6.07, 6.45) is 0.807. The van der Waals surface area contributed by atoms with Crippen molar-refractivity contribution in [2.45, 2.75) is 18.9 Å². The van der Waals surface area contributed by atoms with Crippen LogP contribution in [0.1, 0.15) is 12.0 Å².